The predicted molar refractivity (Wildman–Crippen MR) is 71.2 cm³/mol. The van der Waals surface area contributed by atoms with Crippen LogP contribution in [0.1, 0.15) is 37.1 Å². The van der Waals surface area contributed by atoms with Crippen molar-refractivity contribution >= 4 is 18.8 Å². The van der Waals surface area contributed by atoms with Gasteiger partial charge in [0.15, 0.2) is 0 Å². The molecule has 18 heavy (non-hydrogen) atoms. The van der Waals surface area contributed by atoms with Gasteiger partial charge in [-0.1, -0.05) is 25.7 Å². The fourth-order valence-corrected chi connectivity index (χ4v) is 3.18. The predicted octanol–water partition coefficient (Wildman–Crippen LogP) is 1.98. The van der Waals surface area contributed by atoms with E-state index in [1.165, 1.54) is 12.8 Å². The number of H-pyrrole nitrogens is 1. The molecule has 1 aromatic heterocycles. The van der Waals surface area contributed by atoms with Crippen LogP contribution in [0.2, 0.25) is 0 Å². The van der Waals surface area contributed by atoms with Gasteiger partial charge in [0, 0.05) is 19.0 Å². The van der Waals surface area contributed by atoms with E-state index in [2.05, 4.69) is 22.8 Å². The van der Waals surface area contributed by atoms with E-state index in [-0.39, 0.29) is 6.03 Å². The molecular weight excluding hydrogens is 248 g/mol. The molecule has 1 aliphatic heterocycles. The highest BCUT2D eigenvalue weighted by Gasteiger charge is 2.30. The van der Waals surface area contributed by atoms with Crippen LogP contribution in [0, 0.1) is 0 Å². The van der Waals surface area contributed by atoms with E-state index in [1.54, 1.807) is 10.6 Å². The molecule has 0 saturated heterocycles. The maximum atomic E-state index is 12.4. The van der Waals surface area contributed by atoms with Crippen molar-refractivity contribution in [1.82, 2.24) is 19.2 Å². The maximum Gasteiger partial charge on any atom is 0.330 e. The summed E-state index contributed by atoms with van der Waals surface area (Å²) in [5.74, 6) is 0. The number of aromatic amines is 1. The Labute approximate surface area is 112 Å². The van der Waals surface area contributed by atoms with Crippen LogP contribution in [0.4, 0.5) is 4.79 Å². The number of amides is 2. The van der Waals surface area contributed by atoms with Crippen molar-refractivity contribution < 1.29 is 4.79 Å². The van der Waals surface area contributed by atoms with Crippen LogP contribution in [-0.2, 0) is 13.0 Å². The van der Waals surface area contributed by atoms with Gasteiger partial charge < -0.3 is 9.88 Å². The second kappa shape index (κ2) is 4.84. The number of nitrogens with zero attached hydrogens (tertiary/aromatic N) is 3. The highest BCUT2D eigenvalue weighted by molar-refractivity contribution is 7.78. The number of thiol groups is 1. The highest BCUT2D eigenvalue weighted by Crippen LogP contribution is 2.26. The van der Waals surface area contributed by atoms with Gasteiger partial charge in [-0.2, -0.15) is 0 Å². The lowest BCUT2D eigenvalue weighted by Gasteiger charge is -2.32. The van der Waals surface area contributed by atoms with Gasteiger partial charge in [-0.25, -0.2) is 9.78 Å². The van der Waals surface area contributed by atoms with Crippen LogP contribution >= 0.6 is 12.8 Å². The Balaban J connectivity index is 1.66. The normalized spacial score (nSPS) is 19.9. The number of carbonyl (C=O) groups excluding carboxylic acids is 1. The zero-order valence-electron chi connectivity index (χ0n) is 10.3. The Morgan fingerprint density at radius 3 is 3.06 bits per heavy atom. The van der Waals surface area contributed by atoms with Crippen molar-refractivity contribution in [2.24, 2.45) is 0 Å². The molecule has 0 unspecified atom stereocenters. The number of hydrogen-bond donors (Lipinski definition) is 2. The lowest BCUT2D eigenvalue weighted by atomic mass is 10.1. The van der Waals surface area contributed by atoms with E-state index in [1.807, 2.05) is 4.90 Å². The Bertz CT molecular complexity index is 441. The standard InChI is InChI=1S/C12H18N4OS/c17-12(16(18)9-3-1-2-4-9)15-6-5-10-11(7-15)14-8-13-10/h8-9,18H,1-7H2,(H,13,14). The number of nitrogens with one attached hydrogen (secondary N) is 1. The molecule has 0 spiro atoms. The summed E-state index contributed by atoms with van der Waals surface area (Å²) >= 11 is 4.40. The molecule has 98 valence electrons. The minimum Gasteiger partial charge on any atom is -0.347 e. The summed E-state index contributed by atoms with van der Waals surface area (Å²) in [6, 6.07) is 0.342. The van der Waals surface area contributed by atoms with Gasteiger partial charge >= 0.3 is 6.03 Å². The third-order valence-corrected chi connectivity index (χ3v) is 4.41. The number of urea groups is 1. The largest absolute Gasteiger partial charge is 0.347 e. The van der Waals surface area contributed by atoms with Gasteiger partial charge in [0.1, 0.15) is 0 Å². The SMILES string of the molecule is O=C(N1CCc2nc[nH]c2C1)N(S)C1CCCC1. The van der Waals surface area contributed by atoms with Crippen molar-refractivity contribution in [2.75, 3.05) is 6.54 Å². The average Bonchev–Trinajstić information content (AvgIpc) is 3.06. The van der Waals surface area contributed by atoms with Crippen LogP contribution < -0.4 is 0 Å². The lowest BCUT2D eigenvalue weighted by molar-refractivity contribution is 0.165. The molecule has 1 saturated carbocycles. The second-order valence-electron chi connectivity index (χ2n) is 5.06. The molecule has 0 radical (unpaired) electrons. The molecule has 1 aliphatic carbocycles. The molecule has 0 bridgehead atoms. The molecule has 2 amide bonds. The molecule has 3 rings (SSSR count). The monoisotopic (exact) mass is 266 g/mol. The van der Waals surface area contributed by atoms with Gasteiger partial charge in [-0.15, -0.1) is 0 Å². The van der Waals surface area contributed by atoms with E-state index < -0.39 is 0 Å². The van der Waals surface area contributed by atoms with Crippen molar-refractivity contribution in [1.29, 1.82) is 0 Å². The first-order valence-electron chi connectivity index (χ1n) is 6.54. The summed E-state index contributed by atoms with van der Waals surface area (Å²) in [4.78, 5) is 21.6. The summed E-state index contributed by atoms with van der Waals surface area (Å²) in [7, 11) is 0. The van der Waals surface area contributed by atoms with Crippen molar-refractivity contribution in [3.05, 3.63) is 17.7 Å². The summed E-state index contributed by atoms with van der Waals surface area (Å²) in [6.45, 7) is 1.36. The van der Waals surface area contributed by atoms with Crippen molar-refractivity contribution in [2.45, 2.75) is 44.7 Å². The number of fused-ring (bicyclic) bond motifs is 1. The first kappa shape index (κ1) is 11.9. The second-order valence-corrected chi connectivity index (χ2v) is 5.50. The summed E-state index contributed by atoms with van der Waals surface area (Å²) < 4.78 is 1.63. The van der Waals surface area contributed by atoms with Crippen LogP contribution in [0.5, 0.6) is 0 Å². The van der Waals surface area contributed by atoms with E-state index in [0.29, 0.717) is 12.6 Å². The first-order valence-corrected chi connectivity index (χ1v) is 6.94. The molecule has 0 atom stereocenters. The van der Waals surface area contributed by atoms with Crippen molar-refractivity contribution in [3.63, 3.8) is 0 Å². The molecule has 6 heteroatoms. The number of hydrogen-bond acceptors (Lipinski definition) is 3. The quantitative estimate of drug-likeness (QED) is 0.764. The van der Waals surface area contributed by atoms with E-state index in [9.17, 15) is 4.79 Å². The van der Waals surface area contributed by atoms with Gasteiger partial charge in [-0.3, -0.25) is 4.31 Å². The summed E-state index contributed by atoms with van der Waals surface area (Å²) in [5, 5.41) is 0. The highest BCUT2D eigenvalue weighted by atomic mass is 32.1. The molecule has 1 fully saturated rings. The number of aromatic nitrogens is 2. The Morgan fingerprint density at radius 2 is 2.28 bits per heavy atom. The molecule has 2 aliphatic rings. The topological polar surface area (TPSA) is 52.2 Å². The molecule has 2 heterocycles. The minimum absolute atomic E-state index is 0.0329. The molecule has 0 aromatic carbocycles. The Kier molecular flexibility index (Phi) is 3.20. The number of rotatable bonds is 1. The Hall–Kier alpha value is -1.17. The van der Waals surface area contributed by atoms with Gasteiger partial charge in [0.05, 0.1) is 24.3 Å². The van der Waals surface area contributed by atoms with Crippen LogP contribution in [-0.4, -0.2) is 37.8 Å². The van der Waals surface area contributed by atoms with Crippen LogP contribution in [0.25, 0.3) is 0 Å². The third kappa shape index (κ3) is 2.09. The van der Waals surface area contributed by atoms with Crippen LogP contribution in [0.3, 0.4) is 0 Å². The van der Waals surface area contributed by atoms with E-state index in [4.69, 9.17) is 0 Å². The van der Waals surface area contributed by atoms with Gasteiger partial charge in [-0.05, 0) is 12.8 Å². The van der Waals surface area contributed by atoms with Gasteiger partial charge in [0.25, 0.3) is 0 Å². The van der Waals surface area contributed by atoms with Crippen LogP contribution in [0.15, 0.2) is 6.33 Å². The van der Waals surface area contributed by atoms with E-state index >= 15 is 0 Å². The molecular formula is C12H18N4OS. The average molecular weight is 266 g/mol. The molecule has 1 aromatic rings. The van der Waals surface area contributed by atoms with Gasteiger partial charge in [0.2, 0.25) is 0 Å². The Morgan fingerprint density at radius 1 is 1.50 bits per heavy atom. The first-order chi connectivity index (χ1) is 8.75. The third-order valence-electron chi connectivity index (χ3n) is 3.91. The number of carbonyl (C=O) groups is 1. The molecule has 1 N–H and O–H groups in total. The summed E-state index contributed by atoms with van der Waals surface area (Å²) in [5.41, 5.74) is 2.15. The van der Waals surface area contributed by atoms with Crippen molar-refractivity contribution in [3.8, 4) is 0 Å². The zero-order chi connectivity index (χ0) is 12.5. The zero-order valence-corrected chi connectivity index (χ0v) is 11.2. The molecule has 5 nitrogen and oxygen atoms in total. The van der Waals surface area contributed by atoms with E-state index in [0.717, 1.165) is 37.2 Å². The minimum atomic E-state index is 0.0329. The number of imidazole rings is 1. The summed E-state index contributed by atoms with van der Waals surface area (Å²) in [6.07, 6.45) is 7.11. The fourth-order valence-electron chi connectivity index (χ4n) is 2.83. The fraction of sp³-hybridized carbons (Fsp3) is 0.667. The smallest absolute Gasteiger partial charge is 0.330 e. The lowest BCUT2D eigenvalue weighted by Crippen LogP contribution is -2.44. The maximum absolute atomic E-state index is 12.4.